The lowest BCUT2D eigenvalue weighted by atomic mass is 9.72. The first-order valence-electron chi connectivity index (χ1n) is 9.45. The van der Waals surface area contributed by atoms with Crippen LogP contribution in [-0.2, 0) is 19.1 Å². The third kappa shape index (κ3) is 7.62. The molecule has 0 radical (unpaired) electrons. The topological polar surface area (TPSA) is 102 Å². The maximum Gasteiger partial charge on any atom is 0.410 e. The number of carboxylic acid groups (broad SMARTS) is 1. The van der Waals surface area contributed by atoms with E-state index in [1.807, 2.05) is 6.92 Å². The number of carboxylic acids is 1. The van der Waals surface area contributed by atoms with Crippen molar-refractivity contribution in [3.8, 4) is 0 Å². The molecule has 1 atom stereocenters. The van der Waals surface area contributed by atoms with E-state index < -0.39 is 35.2 Å². The van der Waals surface area contributed by atoms with Gasteiger partial charge >= 0.3 is 18.0 Å². The molecule has 150 valence electrons. The van der Waals surface area contributed by atoms with Gasteiger partial charge < -0.3 is 19.9 Å². The number of carbonyl (C=O) groups is 3. The molecule has 0 bridgehead atoms. The summed E-state index contributed by atoms with van der Waals surface area (Å²) in [5, 5.41) is 11.9. The van der Waals surface area contributed by atoms with Gasteiger partial charge in [0.25, 0.3) is 0 Å². The minimum atomic E-state index is -0.937. The van der Waals surface area contributed by atoms with Crippen LogP contribution in [0.4, 0.5) is 4.79 Å². The van der Waals surface area contributed by atoms with Crippen molar-refractivity contribution >= 4 is 18.0 Å². The minimum absolute atomic E-state index is 0.0324. The standard InChI is InChI=1S/C19H33NO6/c1-5-9-15(25-16(23)18(2,3)4)26-17(24)20-13-19(12-14(21)22)10-7-6-8-11-19/h15H,5-13H2,1-4H3,(H,20,24)(H,21,22). The minimum Gasteiger partial charge on any atom is -0.481 e. The van der Waals surface area contributed by atoms with E-state index in [4.69, 9.17) is 9.47 Å². The second kappa shape index (κ2) is 9.78. The highest BCUT2D eigenvalue weighted by molar-refractivity contribution is 5.75. The molecule has 2 N–H and O–H groups in total. The Labute approximate surface area is 155 Å². The van der Waals surface area contributed by atoms with Gasteiger partial charge in [0, 0.05) is 13.0 Å². The highest BCUT2D eigenvalue weighted by Crippen LogP contribution is 2.38. The quantitative estimate of drug-likeness (QED) is 0.496. The zero-order valence-electron chi connectivity index (χ0n) is 16.4. The molecule has 0 spiro atoms. The molecule has 1 rings (SSSR count). The van der Waals surface area contributed by atoms with E-state index in [9.17, 15) is 19.5 Å². The summed E-state index contributed by atoms with van der Waals surface area (Å²) in [5.74, 6) is -1.29. The van der Waals surface area contributed by atoms with E-state index in [1.54, 1.807) is 20.8 Å². The molecule has 1 aliphatic rings. The molecule has 1 saturated carbocycles. The van der Waals surface area contributed by atoms with E-state index in [0.29, 0.717) is 12.8 Å². The maximum atomic E-state index is 12.2. The summed E-state index contributed by atoms with van der Waals surface area (Å²) in [6, 6.07) is 0. The van der Waals surface area contributed by atoms with Crippen LogP contribution in [0.15, 0.2) is 0 Å². The van der Waals surface area contributed by atoms with Crippen LogP contribution in [0.1, 0.15) is 79.1 Å². The number of ether oxygens (including phenoxy) is 2. The average Bonchev–Trinajstić information content (AvgIpc) is 2.52. The van der Waals surface area contributed by atoms with Gasteiger partial charge in [0.15, 0.2) is 0 Å². The van der Waals surface area contributed by atoms with Crippen LogP contribution in [0.5, 0.6) is 0 Å². The van der Waals surface area contributed by atoms with Crippen molar-refractivity contribution in [1.82, 2.24) is 5.32 Å². The van der Waals surface area contributed by atoms with Crippen LogP contribution in [0.25, 0.3) is 0 Å². The van der Waals surface area contributed by atoms with Crippen molar-refractivity contribution in [3.63, 3.8) is 0 Å². The number of alkyl carbamates (subject to hydrolysis) is 1. The molecular formula is C19H33NO6. The molecule has 1 fully saturated rings. The summed E-state index contributed by atoms with van der Waals surface area (Å²) in [6.07, 6.45) is 4.09. The molecule has 7 heteroatoms. The summed E-state index contributed by atoms with van der Waals surface area (Å²) < 4.78 is 10.5. The van der Waals surface area contributed by atoms with Crippen LogP contribution >= 0.6 is 0 Å². The fourth-order valence-corrected chi connectivity index (χ4v) is 3.13. The molecule has 0 aliphatic heterocycles. The van der Waals surface area contributed by atoms with Crippen molar-refractivity contribution in [3.05, 3.63) is 0 Å². The smallest absolute Gasteiger partial charge is 0.410 e. The highest BCUT2D eigenvalue weighted by atomic mass is 16.7. The third-order valence-corrected chi connectivity index (χ3v) is 4.66. The lowest BCUT2D eigenvalue weighted by Crippen LogP contribution is -2.42. The van der Waals surface area contributed by atoms with Gasteiger partial charge in [-0.3, -0.25) is 9.59 Å². The summed E-state index contributed by atoms with van der Waals surface area (Å²) >= 11 is 0. The molecule has 26 heavy (non-hydrogen) atoms. The van der Waals surface area contributed by atoms with Crippen LogP contribution in [0.2, 0.25) is 0 Å². The monoisotopic (exact) mass is 371 g/mol. The Morgan fingerprint density at radius 1 is 1.12 bits per heavy atom. The second-order valence-corrected chi connectivity index (χ2v) is 8.26. The number of hydrogen-bond acceptors (Lipinski definition) is 5. The molecule has 7 nitrogen and oxygen atoms in total. The van der Waals surface area contributed by atoms with E-state index in [0.717, 1.165) is 32.1 Å². The van der Waals surface area contributed by atoms with Crippen LogP contribution < -0.4 is 5.32 Å². The Morgan fingerprint density at radius 3 is 2.23 bits per heavy atom. The number of hydrogen-bond donors (Lipinski definition) is 2. The van der Waals surface area contributed by atoms with Gasteiger partial charge in [0.05, 0.1) is 11.8 Å². The van der Waals surface area contributed by atoms with Crippen LogP contribution in [0, 0.1) is 10.8 Å². The second-order valence-electron chi connectivity index (χ2n) is 8.26. The fourth-order valence-electron chi connectivity index (χ4n) is 3.13. The molecule has 0 aromatic rings. The van der Waals surface area contributed by atoms with Crippen LogP contribution in [-0.4, -0.2) is 36.0 Å². The van der Waals surface area contributed by atoms with E-state index in [1.165, 1.54) is 0 Å². The molecular weight excluding hydrogens is 338 g/mol. The van der Waals surface area contributed by atoms with Crippen molar-refractivity contribution in [2.45, 2.75) is 85.4 Å². The lowest BCUT2D eigenvalue weighted by molar-refractivity contribution is -0.178. The molecule has 1 aliphatic carbocycles. The normalized spacial score (nSPS) is 17.8. The van der Waals surface area contributed by atoms with Gasteiger partial charge in [-0.05, 0) is 45.4 Å². The summed E-state index contributed by atoms with van der Waals surface area (Å²) in [6.45, 7) is 7.36. The summed E-state index contributed by atoms with van der Waals surface area (Å²) in [7, 11) is 0. The van der Waals surface area contributed by atoms with Gasteiger partial charge in [0.2, 0.25) is 6.29 Å². The predicted molar refractivity (Wildman–Crippen MR) is 96.5 cm³/mol. The Kier molecular flexibility index (Phi) is 8.37. The third-order valence-electron chi connectivity index (χ3n) is 4.66. The molecule has 0 aromatic heterocycles. The molecule has 1 amide bonds. The summed E-state index contributed by atoms with van der Waals surface area (Å²) in [5.41, 5.74) is -1.11. The fraction of sp³-hybridized carbons (Fsp3) is 0.842. The number of esters is 1. The van der Waals surface area contributed by atoms with E-state index in [2.05, 4.69) is 5.32 Å². The number of carbonyl (C=O) groups excluding carboxylic acids is 2. The van der Waals surface area contributed by atoms with Gasteiger partial charge in [-0.1, -0.05) is 26.2 Å². The first-order valence-corrected chi connectivity index (χ1v) is 9.45. The van der Waals surface area contributed by atoms with E-state index in [-0.39, 0.29) is 13.0 Å². The lowest BCUT2D eigenvalue weighted by Gasteiger charge is -2.36. The van der Waals surface area contributed by atoms with Crippen LogP contribution in [0.3, 0.4) is 0 Å². The SMILES string of the molecule is CCCC(OC(=O)NCC1(CC(=O)O)CCCCC1)OC(=O)C(C)(C)C. The van der Waals surface area contributed by atoms with Crippen molar-refractivity contribution < 1.29 is 29.0 Å². The molecule has 0 saturated heterocycles. The maximum absolute atomic E-state index is 12.2. The Hall–Kier alpha value is -1.79. The van der Waals surface area contributed by atoms with Crippen molar-refractivity contribution in [2.75, 3.05) is 6.54 Å². The molecule has 0 heterocycles. The molecule has 0 aromatic carbocycles. The largest absolute Gasteiger partial charge is 0.481 e. The number of aliphatic carboxylic acids is 1. The Balaban J connectivity index is 2.60. The highest BCUT2D eigenvalue weighted by Gasteiger charge is 2.35. The van der Waals surface area contributed by atoms with Crippen molar-refractivity contribution in [1.29, 1.82) is 0 Å². The average molecular weight is 371 g/mol. The number of amides is 1. The Morgan fingerprint density at radius 2 is 1.73 bits per heavy atom. The Bertz CT molecular complexity index is 491. The summed E-state index contributed by atoms with van der Waals surface area (Å²) in [4.78, 5) is 35.4. The first-order chi connectivity index (χ1) is 12.1. The molecule has 1 unspecified atom stereocenters. The van der Waals surface area contributed by atoms with Gasteiger partial charge in [-0.25, -0.2) is 4.79 Å². The zero-order chi connectivity index (χ0) is 19.8. The number of nitrogens with one attached hydrogen (secondary N) is 1. The van der Waals surface area contributed by atoms with Gasteiger partial charge in [0.1, 0.15) is 0 Å². The number of rotatable bonds is 8. The van der Waals surface area contributed by atoms with Crippen molar-refractivity contribution in [2.24, 2.45) is 10.8 Å². The van der Waals surface area contributed by atoms with Gasteiger partial charge in [-0.15, -0.1) is 0 Å². The predicted octanol–water partition coefficient (Wildman–Crippen LogP) is 3.85. The zero-order valence-corrected chi connectivity index (χ0v) is 16.4. The van der Waals surface area contributed by atoms with E-state index >= 15 is 0 Å². The first kappa shape index (κ1) is 22.3. The van der Waals surface area contributed by atoms with Gasteiger partial charge in [-0.2, -0.15) is 0 Å².